The van der Waals surface area contributed by atoms with E-state index >= 15 is 0 Å². The number of pyridine rings is 1. The van der Waals surface area contributed by atoms with Gasteiger partial charge in [0.25, 0.3) is 0 Å². The number of para-hydroxylation sites is 1. The number of aromatic nitrogens is 1. The van der Waals surface area contributed by atoms with Crippen LogP contribution < -0.4 is 14.6 Å². The first-order chi connectivity index (χ1) is 13.8. The lowest BCUT2D eigenvalue weighted by Gasteiger charge is -2.11. The van der Waals surface area contributed by atoms with Gasteiger partial charge in [0, 0.05) is 22.6 Å². The van der Waals surface area contributed by atoms with Crippen molar-refractivity contribution < 1.29 is 36.9 Å². The number of aromatic carboxylic acids is 1. The molecule has 9 heteroatoms. The van der Waals surface area contributed by atoms with Gasteiger partial charge in [0.15, 0.2) is 0 Å². The summed E-state index contributed by atoms with van der Waals surface area (Å²) in [6.07, 6.45) is 2.71. The molecular weight excluding hydrogens is 394 g/mol. The van der Waals surface area contributed by atoms with Crippen LogP contribution in [0.3, 0.4) is 0 Å². The van der Waals surface area contributed by atoms with Gasteiger partial charge < -0.3 is 19.4 Å². The van der Waals surface area contributed by atoms with E-state index in [0.29, 0.717) is 10.9 Å². The number of hydrogen-bond donors (Lipinski definition) is 0. The molecule has 0 fully saturated rings. The van der Waals surface area contributed by atoms with Gasteiger partial charge in [-0.05, 0) is 36.4 Å². The first kappa shape index (κ1) is 20.1. The minimum atomic E-state index is -3.19. The molecule has 0 bridgehead atoms. The fourth-order valence-electron chi connectivity index (χ4n) is 2.65. The predicted octanol–water partition coefficient (Wildman–Crippen LogP) is 3.97. The molecule has 3 aromatic rings. The molecule has 150 valence electrons. The Labute approximate surface area is 161 Å². The van der Waals surface area contributed by atoms with Gasteiger partial charge in [0.1, 0.15) is 11.5 Å². The van der Waals surface area contributed by atoms with Crippen molar-refractivity contribution in [3.63, 3.8) is 0 Å². The third-order valence-electron chi connectivity index (χ3n) is 3.82. The molecule has 0 spiro atoms. The minimum Gasteiger partial charge on any atom is -0.545 e. The fourth-order valence-corrected chi connectivity index (χ4v) is 2.65. The predicted molar refractivity (Wildman–Crippen MR) is 94.7 cm³/mol. The highest BCUT2D eigenvalue weighted by molar-refractivity contribution is 6.02. The zero-order valence-electron chi connectivity index (χ0n) is 14.5. The number of ether oxygens (including phenoxy) is 2. The highest BCUT2D eigenvalue weighted by atomic mass is 19.3. The first-order valence-electron chi connectivity index (χ1n) is 8.16. The Bertz CT molecular complexity index is 1070. The average Bonchev–Trinajstić information content (AvgIpc) is 2.65. The molecule has 0 N–H and O–H groups in total. The van der Waals surface area contributed by atoms with Crippen LogP contribution in [0.2, 0.25) is 0 Å². The van der Waals surface area contributed by atoms with Crippen LogP contribution in [0.1, 0.15) is 21.6 Å². The molecule has 0 unspecified atom stereocenters. The normalized spacial score (nSPS) is 11.5. The van der Waals surface area contributed by atoms with Gasteiger partial charge in [-0.15, -0.1) is 0 Å². The number of benzene rings is 2. The summed E-state index contributed by atoms with van der Waals surface area (Å²) in [4.78, 5) is 15.7. The van der Waals surface area contributed by atoms with E-state index in [9.17, 15) is 27.5 Å². The van der Waals surface area contributed by atoms with Crippen LogP contribution >= 0.6 is 0 Å². The summed E-state index contributed by atoms with van der Waals surface area (Å²) in [6, 6.07) is 11.1. The molecule has 0 radical (unpaired) electrons. The number of carboxylic acid groups (broad SMARTS) is 1. The fraction of sp³-hybridized carbons (Fsp3) is 0.100. The molecule has 29 heavy (non-hydrogen) atoms. The van der Waals surface area contributed by atoms with Crippen LogP contribution in [-0.4, -0.2) is 24.2 Å². The molecule has 0 aliphatic heterocycles. The number of fused-ring (bicyclic) bond motifs is 1. The van der Waals surface area contributed by atoms with Gasteiger partial charge in [-0.1, -0.05) is 18.2 Å². The van der Waals surface area contributed by atoms with Crippen LogP contribution in [-0.2, 0) is 0 Å². The Balaban J connectivity index is 1.99. The summed E-state index contributed by atoms with van der Waals surface area (Å²) in [5.74, 6) is -2.14. The smallest absolute Gasteiger partial charge is 0.387 e. The van der Waals surface area contributed by atoms with Gasteiger partial charge in [-0.2, -0.15) is 17.6 Å². The van der Waals surface area contributed by atoms with E-state index < -0.39 is 24.9 Å². The van der Waals surface area contributed by atoms with Crippen LogP contribution in [0.4, 0.5) is 17.6 Å². The molecule has 1 aromatic heterocycles. The molecule has 0 aliphatic carbocycles. The van der Waals surface area contributed by atoms with E-state index in [2.05, 4.69) is 14.5 Å². The van der Waals surface area contributed by atoms with Gasteiger partial charge in [-0.3, -0.25) is 0 Å². The van der Waals surface area contributed by atoms with Crippen LogP contribution in [0.5, 0.6) is 11.5 Å². The van der Waals surface area contributed by atoms with Crippen molar-refractivity contribution in [1.82, 2.24) is 4.98 Å². The summed E-state index contributed by atoms with van der Waals surface area (Å²) >= 11 is 0. The second-order valence-electron chi connectivity index (χ2n) is 5.69. The molecule has 0 saturated carbocycles. The van der Waals surface area contributed by atoms with E-state index in [-0.39, 0.29) is 22.6 Å². The van der Waals surface area contributed by atoms with Crippen LogP contribution in [0.25, 0.3) is 23.1 Å². The maximum atomic E-state index is 12.7. The number of alkyl halides is 4. The topological polar surface area (TPSA) is 71.5 Å². The summed E-state index contributed by atoms with van der Waals surface area (Å²) < 4.78 is 58.5. The number of carbonyl (C=O) groups is 1. The largest absolute Gasteiger partial charge is 0.545 e. The Hall–Kier alpha value is -3.62. The third kappa shape index (κ3) is 5.01. The Morgan fingerprint density at radius 1 is 0.966 bits per heavy atom. The van der Waals surface area contributed by atoms with Crippen molar-refractivity contribution in [2.45, 2.75) is 13.2 Å². The van der Waals surface area contributed by atoms with Crippen molar-refractivity contribution in [1.29, 1.82) is 0 Å². The van der Waals surface area contributed by atoms with Crippen LogP contribution in [0, 0.1) is 0 Å². The lowest BCUT2D eigenvalue weighted by Crippen LogP contribution is -2.22. The van der Waals surface area contributed by atoms with Crippen molar-refractivity contribution in [3.05, 3.63) is 65.4 Å². The number of rotatable bonds is 7. The van der Waals surface area contributed by atoms with Gasteiger partial charge >= 0.3 is 13.2 Å². The lowest BCUT2D eigenvalue weighted by molar-refractivity contribution is -0.254. The quantitative estimate of drug-likeness (QED) is 0.556. The Morgan fingerprint density at radius 2 is 1.69 bits per heavy atom. The van der Waals surface area contributed by atoms with Gasteiger partial charge in [-0.25, -0.2) is 4.98 Å². The molecule has 0 amide bonds. The summed E-state index contributed by atoms with van der Waals surface area (Å²) in [7, 11) is 0. The van der Waals surface area contributed by atoms with E-state index in [1.54, 1.807) is 24.3 Å². The second kappa shape index (κ2) is 8.59. The molecule has 2 aromatic carbocycles. The number of carboxylic acids is 1. The van der Waals surface area contributed by atoms with Gasteiger partial charge in [0.05, 0.1) is 17.2 Å². The van der Waals surface area contributed by atoms with Crippen molar-refractivity contribution in [3.8, 4) is 11.5 Å². The monoisotopic (exact) mass is 406 g/mol. The third-order valence-corrected chi connectivity index (χ3v) is 3.82. The molecule has 1 heterocycles. The van der Waals surface area contributed by atoms with Gasteiger partial charge in [0.2, 0.25) is 0 Å². The van der Waals surface area contributed by atoms with E-state index in [4.69, 9.17) is 0 Å². The van der Waals surface area contributed by atoms with E-state index in [0.717, 1.165) is 12.1 Å². The number of carbonyl (C=O) groups excluding carboxylic acids is 1. The van der Waals surface area contributed by atoms with Crippen molar-refractivity contribution in [2.24, 2.45) is 0 Å². The summed E-state index contributed by atoms with van der Waals surface area (Å²) in [5.41, 5.74) is 0.661. The summed E-state index contributed by atoms with van der Waals surface area (Å²) in [6.45, 7) is -6.31. The molecule has 3 rings (SSSR count). The van der Waals surface area contributed by atoms with Crippen LogP contribution in [0.15, 0.2) is 48.5 Å². The summed E-state index contributed by atoms with van der Waals surface area (Å²) in [5, 5.41) is 11.8. The number of hydrogen-bond acceptors (Lipinski definition) is 5. The zero-order chi connectivity index (χ0) is 21.0. The minimum absolute atomic E-state index is 0.0833. The van der Waals surface area contributed by atoms with Crippen molar-refractivity contribution >= 4 is 29.0 Å². The number of nitrogens with zero attached hydrogens (tertiary/aromatic N) is 1. The Morgan fingerprint density at radius 3 is 2.38 bits per heavy atom. The molecule has 0 aliphatic rings. The lowest BCUT2D eigenvalue weighted by atomic mass is 10.1. The molecule has 0 atom stereocenters. The second-order valence-corrected chi connectivity index (χ2v) is 5.69. The maximum absolute atomic E-state index is 12.7. The first-order valence-corrected chi connectivity index (χ1v) is 8.16. The molecule has 5 nitrogen and oxygen atoms in total. The van der Waals surface area contributed by atoms with E-state index in [1.807, 2.05) is 0 Å². The molecular formula is C20H12F4NO4-. The highest BCUT2D eigenvalue weighted by Crippen LogP contribution is 2.29. The average molecular weight is 406 g/mol. The SMILES string of the molecule is O=C([O-])c1cc(/C=C/c2ccc(OC(F)F)cc2OC(F)F)nc2ccccc12. The highest BCUT2D eigenvalue weighted by Gasteiger charge is 2.12. The van der Waals surface area contributed by atoms with Crippen molar-refractivity contribution in [2.75, 3.05) is 0 Å². The Kier molecular flexibility index (Phi) is 5.96. The van der Waals surface area contributed by atoms with E-state index in [1.165, 1.54) is 24.3 Å². The zero-order valence-corrected chi connectivity index (χ0v) is 14.5. The number of halogens is 4. The maximum Gasteiger partial charge on any atom is 0.387 e. The molecule has 0 saturated heterocycles. The standard InChI is InChI=1S/C20H13F4NO4/c21-19(22)28-13-8-6-11(17(10-13)29-20(23)24)5-7-12-9-15(18(26)27)14-3-1-2-4-16(14)25-12/h1-10,19-20H,(H,26,27)/p-1/b7-5+.